The van der Waals surface area contributed by atoms with Crippen LogP contribution in [0, 0.1) is 0 Å². The van der Waals surface area contributed by atoms with Gasteiger partial charge >= 0.3 is 57.4 Å². The van der Waals surface area contributed by atoms with Gasteiger partial charge in [0.25, 0.3) is 0 Å². The molecule has 0 aromatic carbocycles. The van der Waals surface area contributed by atoms with Crippen molar-refractivity contribution in [1.82, 2.24) is 5.32 Å². The molecule has 0 aliphatic carbocycles. The summed E-state index contributed by atoms with van der Waals surface area (Å²) in [6, 6.07) is 0. The normalized spacial score (nSPS) is 10.4. The molecule has 0 spiro atoms. The Bertz CT molecular complexity index is 231. The van der Waals surface area contributed by atoms with Crippen LogP contribution in [-0.2, 0) is 4.79 Å². The molecule has 2 N–H and O–H groups in total. The summed E-state index contributed by atoms with van der Waals surface area (Å²) in [5.41, 5.74) is 0. The van der Waals surface area contributed by atoms with E-state index in [0.717, 1.165) is 13.0 Å². The van der Waals surface area contributed by atoms with Crippen molar-refractivity contribution in [1.29, 1.82) is 0 Å². The number of nitrogens with one attached hydrogen (secondary N) is 1. The van der Waals surface area contributed by atoms with Crippen LogP contribution < -0.4 is 56.7 Å². The summed E-state index contributed by atoms with van der Waals surface area (Å²) in [6.07, 6.45) is 19.0. The third-order valence-electron chi connectivity index (χ3n) is 3.98. The van der Waals surface area contributed by atoms with Gasteiger partial charge < -0.3 is 11.8 Å². The van der Waals surface area contributed by atoms with Crippen LogP contribution in [0.25, 0.3) is 0 Å². The van der Waals surface area contributed by atoms with E-state index < -0.39 is 5.97 Å². The fourth-order valence-corrected chi connectivity index (χ4v) is 2.64. The van der Waals surface area contributed by atoms with Crippen molar-refractivity contribution in [3.05, 3.63) is 0 Å². The maximum atomic E-state index is 10.3. The van der Waals surface area contributed by atoms with Gasteiger partial charge in [-0.1, -0.05) is 90.4 Å². The van der Waals surface area contributed by atoms with Crippen LogP contribution in [0.3, 0.4) is 0 Å². The van der Waals surface area contributed by atoms with Gasteiger partial charge in [0.2, 0.25) is 0 Å². The molecule has 0 atom stereocenters. The zero-order valence-corrected chi connectivity index (χ0v) is 18.3. The second kappa shape index (κ2) is 22.1. The van der Waals surface area contributed by atoms with Gasteiger partial charge in [0.05, 0.1) is 6.54 Å². The summed E-state index contributed by atoms with van der Waals surface area (Å²) in [4.78, 5) is 10.3. The molecule has 0 radical (unpaired) electrons. The van der Waals surface area contributed by atoms with E-state index in [2.05, 4.69) is 12.2 Å². The molecule has 0 aromatic rings. The number of unbranched alkanes of at least 4 members (excludes halogenated alkanes) is 13. The smallest absolute Gasteiger partial charge is 1.00 e. The summed E-state index contributed by atoms with van der Waals surface area (Å²) in [7, 11) is 0. The summed E-state index contributed by atoms with van der Waals surface area (Å²) < 4.78 is 0. The van der Waals surface area contributed by atoms with Gasteiger partial charge in [-0.3, -0.25) is 4.79 Å². The molecule has 0 unspecified atom stereocenters. The van der Waals surface area contributed by atoms with E-state index in [4.69, 9.17) is 5.11 Å². The minimum absolute atomic E-state index is 0. The predicted molar refractivity (Wildman–Crippen MR) is 91.9 cm³/mol. The Labute approximate surface area is 182 Å². The quantitative estimate of drug-likeness (QED) is 0.316. The number of carbonyl (C=O) groups is 1. The Morgan fingerprint density at radius 3 is 1.50 bits per heavy atom. The largest absolute Gasteiger partial charge is 1.00 e. The van der Waals surface area contributed by atoms with Crippen molar-refractivity contribution < 1.29 is 62.7 Å². The number of carboxylic acid groups (broad SMARTS) is 1. The third kappa shape index (κ3) is 23.3. The molecule has 0 saturated carbocycles. The summed E-state index contributed by atoms with van der Waals surface area (Å²) in [5, 5.41) is 11.4. The Balaban J connectivity index is -0.00000200. The fraction of sp³-hybridized carbons (Fsp3) is 0.944. The summed E-state index contributed by atoms with van der Waals surface area (Å²) in [6.45, 7) is 3.20. The molecule has 0 heterocycles. The first-order valence-corrected chi connectivity index (χ1v) is 9.20. The molecule has 0 bridgehead atoms. The van der Waals surface area contributed by atoms with E-state index in [-0.39, 0.29) is 59.4 Å². The Hall–Kier alpha value is 1.07. The van der Waals surface area contributed by atoms with Gasteiger partial charge in [-0.15, -0.1) is 0 Å². The monoisotopic (exact) mass is 339 g/mol. The Morgan fingerprint density at radius 1 is 0.773 bits per heavy atom. The Kier molecular flexibility index (Phi) is 25.4. The van der Waals surface area contributed by atoms with E-state index >= 15 is 0 Å². The number of carboxylic acids is 1. The molecule has 0 aliphatic heterocycles. The number of rotatable bonds is 17. The van der Waals surface area contributed by atoms with Gasteiger partial charge in [-0.05, 0) is 13.0 Å². The number of aliphatic carboxylic acids is 1. The molecule has 128 valence electrons. The molecule has 0 rings (SSSR count). The minimum Gasteiger partial charge on any atom is -1.00 e. The van der Waals surface area contributed by atoms with Crippen LogP contribution in [0.2, 0.25) is 0 Å². The average Bonchev–Trinajstić information content (AvgIpc) is 2.46. The topological polar surface area (TPSA) is 49.3 Å². The summed E-state index contributed by atoms with van der Waals surface area (Å²) in [5.74, 6) is -0.764. The van der Waals surface area contributed by atoms with Crippen LogP contribution in [0.5, 0.6) is 0 Å². The molecule has 4 heteroatoms. The van der Waals surface area contributed by atoms with Crippen LogP contribution in [0.1, 0.15) is 98.2 Å². The molecule has 22 heavy (non-hydrogen) atoms. The second-order valence-corrected chi connectivity index (χ2v) is 6.17. The molecular formula is C18H38KNO2. The van der Waals surface area contributed by atoms with E-state index in [9.17, 15) is 4.79 Å². The zero-order valence-electron chi connectivity index (χ0n) is 16.2. The molecule has 0 aromatic heterocycles. The maximum absolute atomic E-state index is 10.3. The van der Waals surface area contributed by atoms with Crippen LogP contribution in [0.15, 0.2) is 0 Å². The molecule has 0 fully saturated rings. The minimum atomic E-state index is -0.764. The van der Waals surface area contributed by atoms with Crippen molar-refractivity contribution in [2.45, 2.75) is 96.8 Å². The SMILES string of the molecule is CCCCCCCCCCCCCCCCNCC(=O)O.[H-].[K+]. The maximum Gasteiger partial charge on any atom is 1.00 e. The van der Waals surface area contributed by atoms with E-state index in [1.807, 2.05) is 0 Å². The van der Waals surface area contributed by atoms with Crippen molar-refractivity contribution in [2.75, 3.05) is 13.1 Å². The zero-order chi connectivity index (χ0) is 15.6. The van der Waals surface area contributed by atoms with Gasteiger partial charge in [-0.25, -0.2) is 0 Å². The molecule has 0 aliphatic rings. The molecule has 3 nitrogen and oxygen atoms in total. The van der Waals surface area contributed by atoms with E-state index in [0.29, 0.717) is 0 Å². The number of hydrogen-bond donors (Lipinski definition) is 2. The molecular weight excluding hydrogens is 301 g/mol. The molecule has 0 saturated heterocycles. The van der Waals surface area contributed by atoms with Crippen LogP contribution in [-0.4, -0.2) is 24.2 Å². The van der Waals surface area contributed by atoms with Crippen LogP contribution >= 0.6 is 0 Å². The molecule has 0 amide bonds. The van der Waals surface area contributed by atoms with Crippen molar-refractivity contribution in [3.63, 3.8) is 0 Å². The standard InChI is InChI=1S/C18H37NO2.K.H/c1-2-3-4-5-6-7-8-9-10-11-12-13-14-15-16-19-17-18(20)21;;/h19H,2-17H2,1H3,(H,20,21);;/q;+1;-1. The average molecular weight is 340 g/mol. The second-order valence-electron chi connectivity index (χ2n) is 6.17. The van der Waals surface area contributed by atoms with Gasteiger partial charge in [0.1, 0.15) is 0 Å². The van der Waals surface area contributed by atoms with Crippen molar-refractivity contribution in [2.24, 2.45) is 0 Å². The van der Waals surface area contributed by atoms with E-state index in [1.54, 1.807) is 0 Å². The van der Waals surface area contributed by atoms with Gasteiger partial charge in [-0.2, -0.15) is 0 Å². The predicted octanol–water partition coefficient (Wildman–Crippen LogP) is 2.26. The number of hydrogen-bond acceptors (Lipinski definition) is 2. The summed E-state index contributed by atoms with van der Waals surface area (Å²) >= 11 is 0. The third-order valence-corrected chi connectivity index (χ3v) is 3.98. The van der Waals surface area contributed by atoms with Crippen molar-refractivity contribution in [3.8, 4) is 0 Å². The first kappa shape index (κ1) is 25.3. The van der Waals surface area contributed by atoms with Gasteiger partial charge in [0.15, 0.2) is 0 Å². The van der Waals surface area contributed by atoms with Crippen molar-refractivity contribution >= 4 is 5.97 Å². The first-order valence-electron chi connectivity index (χ1n) is 9.20. The van der Waals surface area contributed by atoms with Gasteiger partial charge in [0, 0.05) is 0 Å². The Morgan fingerprint density at radius 2 is 1.14 bits per heavy atom. The fourth-order valence-electron chi connectivity index (χ4n) is 2.64. The van der Waals surface area contributed by atoms with Crippen LogP contribution in [0.4, 0.5) is 0 Å². The van der Waals surface area contributed by atoms with E-state index in [1.165, 1.54) is 83.5 Å². The first-order chi connectivity index (χ1) is 10.3.